The van der Waals surface area contributed by atoms with Crippen LogP contribution in [0, 0.1) is 0 Å². The highest BCUT2D eigenvalue weighted by atomic mass is 32.2. The molecular formula is C14H16N2O4S. The summed E-state index contributed by atoms with van der Waals surface area (Å²) in [5.41, 5.74) is 12.0. The Kier molecular flexibility index (Phi) is 3.95. The summed E-state index contributed by atoms with van der Waals surface area (Å²) in [5.74, 6) is 0.839. The molecule has 2 aromatic rings. The number of rotatable bonds is 4. The number of hydrogen-bond acceptors (Lipinski definition) is 6. The van der Waals surface area contributed by atoms with Gasteiger partial charge in [0.2, 0.25) is 9.84 Å². The zero-order valence-corrected chi connectivity index (χ0v) is 12.5. The third-order valence-corrected chi connectivity index (χ3v) is 4.77. The van der Waals surface area contributed by atoms with Crippen molar-refractivity contribution in [2.45, 2.75) is 9.79 Å². The monoisotopic (exact) mass is 308 g/mol. The molecule has 0 heterocycles. The van der Waals surface area contributed by atoms with Gasteiger partial charge in [-0.3, -0.25) is 0 Å². The lowest BCUT2D eigenvalue weighted by Gasteiger charge is -2.10. The van der Waals surface area contributed by atoms with Crippen LogP contribution in [0.2, 0.25) is 0 Å². The molecule has 0 saturated carbocycles. The molecule has 112 valence electrons. The van der Waals surface area contributed by atoms with E-state index in [0.717, 1.165) is 0 Å². The predicted octanol–water partition coefficient (Wildman–Crippen LogP) is 1.70. The van der Waals surface area contributed by atoms with Crippen LogP contribution in [0.5, 0.6) is 11.5 Å². The van der Waals surface area contributed by atoms with Crippen LogP contribution >= 0.6 is 0 Å². The van der Waals surface area contributed by atoms with Crippen molar-refractivity contribution in [2.75, 3.05) is 25.7 Å². The van der Waals surface area contributed by atoms with Gasteiger partial charge in [0.15, 0.2) is 0 Å². The molecule has 0 aliphatic carbocycles. The summed E-state index contributed by atoms with van der Waals surface area (Å²) in [4.78, 5) is 0.149. The van der Waals surface area contributed by atoms with Crippen LogP contribution in [0.1, 0.15) is 0 Å². The third kappa shape index (κ3) is 2.73. The van der Waals surface area contributed by atoms with Crippen molar-refractivity contribution >= 4 is 21.2 Å². The summed E-state index contributed by atoms with van der Waals surface area (Å²) in [6.45, 7) is 0. The van der Waals surface area contributed by atoms with Crippen LogP contribution in [0.25, 0.3) is 0 Å². The predicted molar refractivity (Wildman–Crippen MR) is 80.3 cm³/mol. The van der Waals surface area contributed by atoms with Crippen LogP contribution in [0.15, 0.2) is 46.2 Å². The first kappa shape index (κ1) is 15.0. The van der Waals surface area contributed by atoms with Crippen LogP contribution in [0.3, 0.4) is 0 Å². The van der Waals surface area contributed by atoms with E-state index in [0.29, 0.717) is 11.5 Å². The maximum atomic E-state index is 12.5. The molecule has 21 heavy (non-hydrogen) atoms. The van der Waals surface area contributed by atoms with Gasteiger partial charge in [-0.05, 0) is 36.4 Å². The van der Waals surface area contributed by atoms with E-state index in [1.807, 2.05) is 0 Å². The molecular weight excluding hydrogens is 292 g/mol. The Morgan fingerprint density at radius 1 is 0.810 bits per heavy atom. The number of sulfone groups is 1. The van der Waals surface area contributed by atoms with E-state index in [9.17, 15) is 8.42 Å². The first-order valence-electron chi connectivity index (χ1n) is 6.02. The van der Waals surface area contributed by atoms with Crippen LogP contribution in [0.4, 0.5) is 11.4 Å². The minimum absolute atomic E-state index is 0.0744. The molecule has 0 amide bonds. The van der Waals surface area contributed by atoms with Gasteiger partial charge in [-0.2, -0.15) is 0 Å². The Hall–Kier alpha value is -2.41. The zero-order valence-electron chi connectivity index (χ0n) is 11.7. The van der Waals surface area contributed by atoms with E-state index in [1.54, 1.807) is 0 Å². The highest BCUT2D eigenvalue weighted by Crippen LogP contribution is 2.31. The summed E-state index contributed by atoms with van der Waals surface area (Å²) in [6, 6.07) is 8.60. The topological polar surface area (TPSA) is 105 Å². The minimum Gasteiger partial charge on any atom is -0.495 e. The lowest BCUT2D eigenvalue weighted by Crippen LogP contribution is -2.05. The van der Waals surface area contributed by atoms with Crippen molar-refractivity contribution in [3.63, 3.8) is 0 Å². The Morgan fingerprint density at radius 2 is 1.19 bits per heavy atom. The molecule has 6 nitrogen and oxygen atoms in total. The molecule has 0 aliphatic rings. The number of benzene rings is 2. The molecule has 0 atom stereocenters. The second-order valence-electron chi connectivity index (χ2n) is 4.31. The quantitative estimate of drug-likeness (QED) is 0.833. The van der Waals surface area contributed by atoms with E-state index in [2.05, 4.69) is 0 Å². The van der Waals surface area contributed by atoms with E-state index >= 15 is 0 Å². The molecule has 0 fully saturated rings. The molecule has 0 spiro atoms. The Morgan fingerprint density at radius 3 is 1.48 bits per heavy atom. The molecule has 0 unspecified atom stereocenters. The molecule has 7 heteroatoms. The largest absolute Gasteiger partial charge is 0.495 e. The average Bonchev–Trinajstić information content (AvgIpc) is 2.47. The van der Waals surface area contributed by atoms with Gasteiger partial charge in [-0.1, -0.05) is 0 Å². The summed E-state index contributed by atoms with van der Waals surface area (Å²) < 4.78 is 35.1. The number of anilines is 2. The summed E-state index contributed by atoms with van der Waals surface area (Å²) >= 11 is 0. The maximum absolute atomic E-state index is 12.5. The van der Waals surface area contributed by atoms with Gasteiger partial charge >= 0.3 is 0 Å². The molecule has 0 aromatic heterocycles. The fraction of sp³-hybridized carbons (Fsp3) is 0.143. The molecule has 0 bridgehead atoms. The van der Waals surface area contributed by atoms with Crippen molar-refractivity contribution in [1.29, 1.82) is 0 Å². The molecule has 2 aromatic carbocycles. The highest BCUT2D eigenvalue weighted by molar-refractivity contribution is 7.91. The van der Waals surface area contributed by atoms with Gasteiger partial charge in [0.1, 0.15) is 11.5 Å². The van der Waals surface area contributed by atoms with Crippen LogP contribution < -0.4 is 20.9 Å². The summed E-state index contributed by atoms with van der Waals surface area (Å²) in [5, 5.41) is 0. The first-order valence-corrected chi connectivity index (χ1v) is 7.50. The van der Waals surface area contributed by atoms with Gasteiger partial charge in [0.05, 0.1) is 35.4 Å². The van der Waals surface area contributed by atoms with Crippen molar-refractivity contribution in [2.24, 2.45) is 0 Å². The van der Waals surface area contributed by atoms with Gasteiger partial charge < -0.3 is 20.9 Å². The SMILES string of the molecule is COc1ccc(S(=O)(=O)c2ccc(OC)c(N)c2)cc1N. The second kappa shape index (κ2) is 5.53. The standard InChI is InChI=1S/C14H16N2O4S/c1-19-13-5-3-9(7-11(13)15)21(17,18)10-4-6-14(20-2)12(16)8-10/h3-8H,15-16H2,1-2H3. The number of nitrogens with two attached hydrogens (primary N) is 2. The van der Waals surface area contributed by atoms with Crippen LogP contribution in [-0.4, -0.2) is 22.6 Å². The molecule has 2 rings (SSSR count). The summed E-state index contributed by atoms with van der Waals surface area (Å²) in [7, 11) is -0.780. The summed E-state index contributed by atoms with van der Waals surface area (Å²) in [6.07, 6.45) is 0. The van der Waals surface area contributed by atoms with E-state index in [4.69, 9.17) is 20.9 Å². The van der Waals surface area contributed by atoms with Crippen molar-refractivity contribution in [3.8, 4) is 11.5 Å². The molecule has 0 radical (unpaired) electrons. The Bertz CT molecular complexity index is 713. The van der Waals surface area contributed by atoms with Crippen molar-refractivity contribution in [3.05, 3.63) is 36.4 Å². The van der Waals surface area contributed by atoms with Gasteiger partial charge in [0.25, 0.3) is 0 Å². The van der Waals surface area contributed by atoms with Gasteiger partial charge in [-0.15, -0.1) is 0 Å². The lowest BCUT2D eigenvalue weighted by atomic mass is 10.3. The third-order valence-electron chi connectivity index (χ3n) is 3.02. The fourth-order valence-corrected chi connectivity index (χ4v) is 3.23. The Balaban J connectivity index is 2.51. The number of ether oxygens (including phenoxy) is 2. The number of nitrogen functional groups attached to an aromatic ring is 2. The smallest absolute Gasteiger partial charge is 0.206 e. The first-order chi connectivity index (χ1) is 9.90. The number of methoxy groups -OCH3 is 2. The minimum atomic E-state index is -3.71. The zero-order chi connectivity index (χ0) is 15.6. The van der Waals surface area contributed by atoms with Crippen molar-refractivity contribution < 1.29 is 17.9 Å². The molecule has 0 saturated heterocycles. The average molecular weight is 308 g/mol. The van der Waals surface area contributed by atoms with Gasteiger partial charge in [-0.25, -0.2) is 8.42 Å². The number of hydrogen-bond donors (Lipinski definition) is 2. The van der Waals surface area contributed by atoms with Gasteiger partial charge in [0, 0.05) is 0 Å². The maximum Gasteiger partial charge on any atom is 0.206 e. The fourth-order valence-electron chi connectivity index (χ4n) is 1.90. The van der Waals surface area contributed by atoms with Crippen molar-refractivity contribution in [1.82, 2.24) is 0 Å². The highest BCUT2D eigenvalue weighted by Gasteiger charge is 2.20. The van der Waals surface area contributed by atoms with E-state index < -0.39 is 9.84 Å². The molecule has 0 aliphatic heterocycles. The van der Waals surface area contributed by atoms with E-state index in [-0.39, 0.29) is 21.2 Å². The molecule has 4 N–H and O–H groups in total. The normalized spacial score (nSPS) is 11.1. The van der Waals surface area contributed by atoms with Crippen LogP contribution in [-0.2, 0) is 9.84 Å². The van der Waals surface area contributed by atoms with E-state index in [1.165, 1.54) is 50.6 Å². The Labute approximate surface area is 123 Å². The lowest BCUT2D eigenvalue weighted by molar-refractivity contribution is 0.416. The second-order valence-corrected chi connectivity index (χ2v) is 6.26.